The van der Waals surface area contributed by atoms with Crippen LogP contribution in [0.3, 0.4) is 0 Å². The van der Waals surface area contributed by atoms with Gasteiger partial charge in [0.15, 0.2) is 5.96 Å². The van der Waals surface area contributed by atoms with Crippen LogP contribution < -0.4 is 10.1 Å². The van der Waals surface area contributed by atoms with Gasteiger partial charge < -0.3 is 19.7 Å². The fourth-order valence-electron chi connectivity index (χ4n) is 4.17. The lowest BCUT2D eigenvalue weighted by molar-refractivity contribution is -0.00805. The van der Waals surface area contributed by atoms with Crippen LogP contribution in [0.15, 0.2) is 35.7 Å². The van der Waals surface area contributed by atoms with Crippen LogP contribution in [0, 0.1) is 0 Å². The van der Waals surface area contributed by atoms with E-state index in [-0.39, 0.29) is 6.10 Å². The number of pyridine rings is 1. The maximum atomic E-state index is 6.04. The maximum Gasteiger partial charge on any atom is 0.213 e. The van der Waals surface area contributed by atoms with Gasteiger partial charge in [0, 0.05) is 44.2 Å². The van der Waals surface area contributed by atoms with Crippen LogP contribution in [0.5, 0.6) is 5.88 Å². The number of morpholine rings is 1. The van der Waals surface area contributed by atoms with Crippen LogP contribution in [0.25, 0.3) is 0 Å². The Bertz CT molecular complexity index is 844. The molecule has 1 saturated heterocycles. The zero-order valence-corrected chi connectivity index (χ0v) is 18.7. The fourth-order valence-corrected chi connectivity index (χ4v) is 4.17. The number of rotatable bonds is 6. The predicted octanol–water partition coefficient (Wildman–Crippen LogP) is 3.07. The number of hydrogen-bond acceptors (Lipinski definition) is 5. The van der Waals surface area contributed by atoms with Crippen molar-refractivity contribution >= 4 is 5.96 Å². The monoisotopic (exact) mass is 426 g/mol. The Morgan fingerprint density at radius 3 is 2.84 bits per heavy atom. The number of hydrogen-bond donors (Lipinski definition) is 1. The lowest BCUT2D eigenvalue weighted by Crippen LogP contribution is -2.48. The van der Waals surface area contributed by atoms with Crippen LogP contribution in [0.1, 0.15) is 56.3 Å². The number of nitrogens with one attached hydrogen (secondary N) is 1. The molecule has 0 amide bonds. The van der Waals surface area contributed by atoms with Gasteiger partial charge in [-0.3, -0.25) is 4.68 Å². The van der Waals surface area contributed by atoms with Gasteiger partial charge in [-0.15, -0.1) is 0 Å². The molecule has 3 heterocycles. The van der Waals surface area contributed by atoms with Crippen molar-refractivity contribution in [3.63, 3.8) is 0 Å². The molecule has 2 aromatic rings. The highest BCUT2D eigenvalue weighted by molar-refractivity contribution is 5.80. The average Bonchev–Trinajstić information content (AvgIpc) is 3.25. The molecule has 0 aromatic carbocycles. The van der Waals surface area contributed by atoms with E-state index in [1.807, 2.05) is 36.4 Å². The zero-order valence-electron chi connectivity index (χ0n) is 18.7. The van der Waals surface area contributed by atoms with E-state index in [0.717, 1.165) is 55.4 Å². The van der Waals surface area contributed by atoms with E-state index in [9.17, 15) is 0 Å². The minimum Gasteiger partial charge on any atom is -0.474 e. The molecule has 1 aliphatic carbocycles. The van der Waals surface area contributed by atoms with Crippen molar-refractivity contribution in [2.75, 3.05) is 26.2 Å². The largest absolute Gasteiger partial charge is 0.474 e. The highest BCUT2D eigenvalue weighted by atomic mass is 16.5. The van der Waals surface area contributed by atoms with Gasteiger partial charge in [-0.05, 0) is 38.2 Å². The van der Waals surface area contributed by atoms with E-state index in [4.69, 9.17) is 14.5 Å². The summed E-state index contributed by atoms with van der Waals surface area (Å²) >= 11 is 0. The smallest absolute Gasteiger partial charge is 0.213 e. The Balaban J connectivity index is 1.36. The lowest BCUT2D eigenvalue weighted by atomic mass is 9.98. The van der Waals surface area contributed by atoms with E-state index >= 15 is 0 Å². The van der Waals surface area contributed by atoms with E-state index in [1.165, 1.54) is 19.3 Å². The summed E-state index contributed by atoms with van der Waals surface area (Å²) in [4.78, 5) is 11.6. The van der Waals surface area contributed by atoms with Crippen LogP contribution in [0.2, 0.25) is 0 Å². The summed E-state index contributed by atoms with van der Waals surface area (Å²) in [5.41, 5.74) is 2.17. The number of aromatic nitrogens is 3. The highest BCUT2D eigenvalue weighted by Crippen LogP contribution is 2.23. The second-order valence-corrected chi connectivity index (χ2v) is 8.31. The molecule has 8 heteroatoms. The molecule has 2 fully saturated rings. The molecule has 1 atom stereocenters. The summed E-state index contributed by atoms with van der Waals surface area (Å²) in [6.45, 7) is 5.72. The first-order valence-corrected chi connectivity index (χ1v) is 11.5. The molecule has 0 radical (unpaired) electrons. The Morgan fingerprint density at radius 1 is 1.26 bits per heavy atom. The summed E-state index contributed by atoms with van der Waals surface area (Å²) in [5, 5.41) is 7.69. The third-order valence-electron chi connectivity index (χ3n) is 5.85. The highest BCUT2D eigenvalue weighted by Gasteiger charge is 2.25. The Labute approximate surface area is 184 Å². The predicted molar refractivity (Wildman–Crippen MR) is 120 cm³/mol. The van der Waals surface area contributed by atoms with Gasteiger partial charge in [0.25, 0.3) is 0 Å². The minimum atomic E-state index is 0.00388. The third kappa shape index (κ3) is 5.97. The number of aliphatic imine (C=N–C) groups is 1. The molecule has 1 N–H and O–H groups in total. The van der Waals surface area contributed by atoms with E-state index in [0.29, 0.717) is 19.3 Å². The molecule has 8 nitrogen and oxygen atoms in total. The summed E-state index contributed by atoms with van der Waals surface area (Å²) in [6.07, 6.45) is 12.2. The van der Waals surface area contributed by atoms with Crippen molar-refractivity contribution in [2.24, 2.45) is 12.0 Å². The molecule has 1 unspecified atom stereocenters. The number of aryl methyl sites for hydroxylation is 1. The van der Waals surface area contributed by atoms with Gasteiger partial charge in [0.2, 0.25) is 5.88 Å². The van der Waals surface area contributed by atoms with Crippen molar-refractivity contribution in [1.29, 1.82) is 0 Å². The molecule has 2 aliphatic rings. The normalized spacial score (nSPS) is 20.6. The quantitative estimate of drug-likeness (QED) is 0.565. The molecular weight excluding hydrogens is 392 g/mol. The first kappa shape index (κ1) is 21.6. The summed E-state index contributed by atoms with van der Waals surface area (Å²) in [5.74, 6) is 1.63. The second kappa shape index (κ2) is 10.6. The van der Waals surface area contributed by atoms with Crippen molar-refractivity contribution in [1.82, 2.24) is 25.0 Å². The van der Waals surface area contributed by atoms with Gasteiger partial charge in [-0.25, -0.2) is 9.98 Å². The topological polar surface area (TPSA) is 76.8 Å². The molecule has 1 aliphatic heterocycles. The first-order valence-electron chi connectivity index (χ1n) is 11.5. The summed E-state index contributed by atoms with van der Waals surface area (Å²) in [7, 11) is 1.93. The van der Waals surface area contributed by atoms with Gasteiger partial charge in [-0.2, -0.15) is 5.10 Å². The van der Waals surface area contributed by atoms with Gasteiger partial charge >= 0.3 is 0 Å². The average molecular weight is 427 g/mol. The van der Waals surface area contributed by atoms with Crippen molar-refractivity contribution < 1.29 is 9.47 Å². The number of guanidine groups is 1. The molecule has 31 heavy (non-hydrogen) atoms. The van der Waals surface area contributed by atoms with E-state index in [2.05, 4.69) is 33.3 Å². The molecular formula is C23H34N6O2. The van der Waals surface area contributed by atoms with Crippen molar-refractivity contribution in [3.05, 3.63) is 41.9 Å². The van der Waals surface area contributed by atoms with Crippen LogP contribution in [-0.4, -0.2) is 58.0 Å². The SMILES string of the molecule is CCNC(=NCc1ccc(OC2CCCCC2)nc1)N1CCOC(c2cnn(C)c2)C1. The Morgan fingerprint density at radius 2 is 2.13 bits per heavy atom. The molecule has 1 saturated carbocycles. The molecule has 0 bridgehead atoms. The summed E-state index contributed by atoms with van der Waals surface area (Å²) in [6, 6.07) is 4.04. The van der Waals surface area contributed by atoms with Crippen molar-refractivity contribution in [3.8, 4) is 5.88 Å². The molecule has 168 valence electrons. The lowest BCUT2D eigenvalue weighted by Gasteiger charge is -2.34. The second-order valence-electron chi connectivity index (χ2n) is 8.31. The third-order valence-corrected chi connectivity index (χ3v) is 5.85. The maximum absolute atomic E-state index is 6.04. The molecule has 2 aromatic heterocycles. The number of nitrogens with zero attached hydrogens (tertiary/aromatic N) is 5. The first-order chi connectivity index (χ1) is 15.2. The zero-order chi connectivity index (χ0) is 21.5. The molecule has 0 spiro atoms. The standard InChI is InChI=1S/C23H34N6O2/c1-3-24-23(29-11-12-30-21(17-29)19-15-27-28(2)16-19)26-14-18-9-10-22(25-13-18)31-20-7-5-4-6-8-20/h9-10,13,15-16,20-21H,3-8,11-12,14,17H2,1-2H3,(H,24,26). The van der Waals surface area contributed by atoms with Crippen LogP contribution in [-0.2, 0) is 18.3 Å². The van der Waals surface area contributed by atoms with E-state index < -0.39 is 0 Å². The summed E-state index contributed by atoms with van der Waals surface area (Å²) < 4.78 is 13.8. The van der Waals surface area contributed by atoms with Crippen LogP contribution >= 0.6 is 0 Å². The minimum absolute atomic E-state index is 0.00388. The van der Waals surface area contributed by atoms with Gasteiger partial charge in [0.05, 0.1) is 25.9 Å². The van der Waals surface area contributed by atoms with E-state index in [1.54, 1.807) is 0 Å². The Kier molecular flexibility index (Phi) is 7.40. The van der Waals surface area contributed by atoms with Gasteiger partial charge in [-0.1, -0.05) is 12.5 Å². The number of ether oxygens (including phenoxy) is 2. The van der Waals surface area contributed by atoms with Crippen LogP contribution in [0.4, 0.5) is 0 Å². The molecule has 4 rings (SSSR count). The van der Waals surface area contributed by atoms with Gasteiger partial charge in [0.1, 0.15) is 12.2 Å². The van der Waals surface area contributed by atoms with Crippen molar-refractivity contribution in [2.45, 2.75) is 57.8 Å². The Hall–Kier alpha value is -2.61. The fraction of sp³-hybridized carbons (Fsp3) is 0.609.